The number of carbonyl (C=O) groups excluding carboxylic acids is 2. The quantitative estimate of drug-likeness (QED) is 0.897. The molecule has 1 aliphatic carbocycles. The smallest absolute Gasteiger partial charge is 0.235 e. The van der Waals surface area contributed by atoms with E-state index in [1.165, 1.54) is 0 Å². The first-order chi connectivity index (χ1) is 9.60. The molecule has 1 N–H and O–H groups in total. The van der Waals surface area contributed by atoms with Gasteiger partial charge in [-0.25, -0.2) is 0 Å². The second-order valence-corrected chi connectivity index (χ2v) is 5.33. The number of benzene rings is 1. The van der Waals surface area contributed by atoms with Gasteiger partial charge in [0.2, 0.25) is 5.91 Å². The van der Waals surface area contributed by atoms with Gasteiger partial charge in [0, 0.05) is 24.6 Å². The van der Waals surface area contributed by atoms with Crippen molar-refractivity contribution in [3.8, 4) is 11.5 Å². The Bertz CT molecular complexity index is 584. The SMILES string of the molecule is COc1cc2c(cc1OC)C1(CCC(=O)CC1)C(=O)N2. The van der Waals surface area contributed by atoms with Crippen LogP contribution in [0.3, 0.4) is 0 Å². The summed E-state index contributed by atoms with van der Waals surface area (Å²) in [6, 6.07) is 3.65. The second-order valence-electron chi connectivity index (χ2n) is 5.33. The standard InChI is InChI=1S/C15H17NO4/c1-19-12-7-10-11(8-13(12)20-2)16-14(18)15(10)5-3-9(17)4-6-15/h7-8H,3-6H2,1-2H3,(H,16,18). The van der Waals surface area contributed by atoms with Crippen molar-refractivity contribution in [2.24, 2.45) is 0 Å². The van der Waals surface area contributed by atoms with E-state index in [4.69, 9.17) is 9.47 Å². The van der Waals surface area contributed by atoms with Crippen LogP contribution in [-0.4, -0.2) is 25.9 Å². The molecule has 3 rings (SSSR count). The highest BCUT2D eigenvalue weighted by Crippen LogP contribution is 2.49. The average Bonchev–Trinajstić information content (AvgIpc) is 2.72. The van der Waals surface area contributed by atoms with Gasteiger partial charge in [0.15, 0.2) is 11.5 Å². The number of rotatable bonds is 2. The Hall–Kier alpha value is -2.04. The van der Waals surface area contributed by atoms with Crippen LogP contribution < -0.4 is 14.8 Å². The molecular formula is C15H17NO4. The number of fused-ring (bicyclic) bond motifs is 2. The molecule has 1 fully saturated rings. The van der Waals surface area contributed by atoms with Crippen molar-refractivity contribution in [1.29, 1.82) is 0 Å². The fourth-order valence-corrected chi connectivity index (χ4v) is 3.19. The van der Waals surface area contributed by atoms with Gasteiger partial charge in [0.1, 0.15) is 5.78 Å². The molecule has 1 spiro atoms. The molecule has 1 saturated carbocycles. The van der Waals surface area contributed by atoms with E-state index in [1.54, 1.807) is 20.3 Å². The number of hydrogen-bond donors (Lipinski definition) is 1. The van der Waals surface area contributed by atoms with E-state index in [1.807, 2.05) is 6.07 Å². The monoisotopic (exact) mass is 275 g/mol. The molecule has 0 bridgehead atoms. The van der Waals surface area contributed by atoms with E-state index >= 15 is 0 Å². The average molecular weight is 275 g/mol. The van der Waals surface area contributed by atoms with Crippen molar-refractivity contribution >= 4 is 17.4 Å². The Morgan fingerprint density at radius 3 is 2.25 bits per heavy atom. The zero-order valence-electron chi connectivity index (χ0n) is 11.6. The molecule has 1 aromatic rings. The molecule has 0 atom stereocenters. The van der Waals surface area contributed by atoms with Crippen LogP contribution in [0.2, 0.25) is 0 Å². The lowest BCUT2D eigenvalue weighted by Crippen LogP contribution is -2.38. The van der Waals surface area contributed by atoms with Crippen LogP contribution in [-0.2, 0) is 15.0 Å². The molecule has 5 nitrogen and oxygen atoms in total. The van der Waals surface area contributed by atoms with Crippen molar-refractivity contribution in [3.05, 3.63) is 17.7 Å². The third-order valence-corrected chi connectivity index (χ3v) is 4.38. The summed E-state index contributed by atoms with van der Waals surface area (Å²) in [4.78, 5) is 23.9. The van der Waals surface area contributed by atoms with Crippen LogP contribution in [0.25, 0.3) is 0 Å². The Morgan fingerprint density at radius 1 is 1.05 bits per heavy atom. The normalized spacial score (nSPS) is 19.7. The van der Waals surface area contributed by atoms with E-state index < -0.39 is 5.41 Å². The number of amides is 1. The fraction of sp³-hybridized carbons (Fsp3) is 0.467. The molecule has 0 radical (unpaired) electrons. The number of ether oxygens (including phenoxy) is 2. The number of anilines is 1. The van der Waals surface area contributed by atoms with Crippen LogP contribution in [0.1, 0.15) is 31.2 Å². The third-order valence-electron chi connectivity index (χ3n) is 4.38. The van der Waals surface area contributed by atoms with E-state index in [-0.39, 0.29) is 11.7 Å². The van der Waals surface area contributed by atoms with Crippen molar-refractivity contribution < 1.29 is 19.1 Å². The summed E-state index contributed by atoms with van der Waals surface area (Å²) >= 11 is 0. The lowest BCUT2D eigenvalue weighted by atomic mass is 9.70. The Balaban J connectivity index is 2.10. The molecule has 20 heavy (non-hydrogen) atoms. The minimum Gasteiger partial charge on any atom is -0.493 e. The highest BCUT2D eigenvalue weighted by atomic mass is 16.5. The van der Waals surface area contributed by atoms with Crippen molar-refractivity contribution in [3.63, 3.8) is 0 Å². The summed E-state index contributed by atoms with van der Waals surface area (Å²) in [5.41, 5.74) is 1.11. The van der Waals surface area contributed by atoms with Crippen LogP contribution in [0.15, 0.2) is 12.1 Å². The first kappa shape index (κ1) is 13.0. The van der Waals surface area contributed by atoms with Crippen LogP contribution in [0.5, 0.6) is 11.5 Å². The Kier molecular flexibility index (Phi) is 2.92. The van der Waals surface area contributed by atoms with Gasteiger partial charge in [0.05, 0.1) is 19.6 Å². The van der Waals surface area contributed by atoms with Gasteiger partial charge in [-0.05, 0) is 24.5 Å². The van der Waals surface area contributed by atoms with Crippen LogP contribution in [0, 0.1) is 0 Å². The molecule has 1 aliphatic heterocycles. The summed E-state index contributed by atoms with van der Waals surface area (Å²) in [5, 5.41) is 2.91. The summed E-state index contributed by atoms with van der Waals surface area (Å²) in [6.45, 7) is 0. The van der Waals surface area contributed by atoms with Gasteiger partial charge in [-0.3, -0.25) is 9.59 Å². The first-order valence-electron chi connectivity index (χ1n) is 6.70. The molecule has 106 valence electrons. The molecule has 1 heterocycles. The Morgan fingerprint density at radius 2 is 1.65 bits per heavy atom. The topological polar surface area (TPSA) is 64.6 Å². The predicted octanol–water partition coefficient (Wildman–Crippen LogP) is 2.04. The van der Waals surface area contributed by atoms with E-state index in [0.717, 1.165) is 11.3 Å². The fourth-order valence-electron chi connectivity index (χ4n) is 3.19. The number of methoxy groups -OCH3 is 2. The van der Waals surface area contributed by atoms with E-state index in [0.29, 0.717) is 37.2 Å². The van der Waals surface area contributed by atoms with Gasteiger partial charge in [-0.1, -0.05) is 0 Å². The highest BCUT2D eigenvalue weighted by molar-refractivity contribution is 6.07. The van der Waals surface area contributed by atoms with Gasteiger partial charge in [0.25, 0.3) is 0 Å². The summed E-state index contributed by atoms with van der Waals surface area (Å²) in [6.07, 6.45) is 2.06. The van der Waals surface area contributed by atoms with Crippen LogP contribution >= 0.6 is 0 Å². The number of nitrogens with one attached hydrogen (secondary N) is 1. The van der Waals surface area contributed by atoms with Gasteiger partial charge in [-0.15, -0.1) is 0 Å². The maximum absolute atomic E-state index is 12.4. The maximum Gasteiger partial charge on any atom is 0.235 e. The largest absolute Gasteiger partial charge is 0.493 e. The van der Waals surface area contributed by atoms with Gasteiger partial charge >= 0.3 is 0 Å². The molecule has 5 heteroatoms. The molecule has 1 amide bonds. The molecule has 0 unspecified atom stereocenters. The summed E-state index contributed by atoms with van der Waals surface area (Å²) < 4.78 is 10.6. The zero-order valence-corrected chi connectivity index (χ0v) is 11.6. The number of hydrogen-bond acceptors (Lipinski definition) is 4. The lowest BCUT2D eigenvalue weighted by molar-refractivity contribution is -0.126. The molecule has 0 aromatic heterocycles. The number of carbonyl (C=O) groups is 2. The lowest BCUT2D eigenvalue weighted by Gasteiger charge is -2.31. The second kappa shape index (κ2) is 4.51. The summed E-state index contributed by atoms with van der Waals surface area (Å²) in [7, 11) is 3.14. The molecule has 0 saturated heterocycles. The molecule has 1 aromatic carbocycles. The molecular weight excluding hydrogens is 258 g/mol. The maximum atomic E-state index is 12.4. The van der Waals surface area contributed by atoms with Gasteiger partial charge in [-0.2, -0.15) is 0 Å². The first-order valence-corrected chi connectivity index (χ1v) is 6.70. The van der Waals surface area contributed by atoms with Crippen LogP contribution in [0.4, 0.5) is 5.69 Å². The third kappa shape index (κ3) is 1.69. The zero-order chi connectivity index (χ0) is 14.3. The molecule has 2 aliphatic rings. The van der Waals surface area contributed by atoms with E-state index in [2.05, 4.69) is 5.32 Å². The van der Waals surface area contributed by atoms with Crippen molar-refractivity contribution in [2.45, 2.75) is 31.1 Å². The Labute approximate surface area is 117 Å². The summed E-state index contributed by atoms with van der Waals surface area (Å²) in [5.74, 6) is 1.42. The predicted molar refractivity (Wildman–Crippen MR) is 73.3 cm³/mol. The highest BCUT2D eigenvalue weighted by Gasteiger charge is 2.49. The number of Topliss-reactive ketones (excluding diaryl/α,β-unsaturated/α-hetero) is 1. The van der Waals surface area contributed by atoms with E-state index in [9.17, 15) is 9.59 Å². The van der Waals surface area contributed by atoms with Crippen molar-refractivity contribution in [1.82, 2.24) is 0 Å². The minimum absolute atomic E-state index is 0.0182. The van der Waals surface area contributed by atoms with Crippen molar-refractivity contribution in [2.75, 3.05) is 19.5 Å². The number of ketones is 1. The minimum atomic E-state index is -0.581. The van der Waals surface area contributed by atoms with Gasteiger partial charge < -0.3 is 14.8 Å².